The molecule has 1 unspecified atom stereocenters. The van der Waals surface area contributed by atoms with Gasteiger partial charge < -0.3 is 5.73 Å². The van der Waals surface area contributed by atoms with Gasteiger partial charge in [-0.3, -0.25) is 0 Å². The van der Waals surface area contributed by atoms with Crippen molar-refractivity contribution in [1.29, 1.82) is 0 Å². The van der Waals surface area contributed by atoms with Crippen LogP contribution in [0.4, 0.5) is 0 Å². The molecule has 2 N–H and O–H groups in total. The van der Waals surface area contributed by atoms with E-state index in [2.05, 4.69) is 15.9 Å². The predicted molar refractivity (Wildman–Crippen MR) is 81.9 cm³/mol. The van der Waals surface area contributed by atoms with Crippen LogP contribution in [0.15, 0.2) is 27.6 Å². The van der Waals surface area contributed by atoms with Crippen molar-refractivity contribution >= 4 is 37.5 Å². The van der Waals surface area contributed by atoms with Gasteiger partial charge >= 0.3 is 0 Å². The van der Waals surface area contributed by atoms with Crippen molar-refractivity contribution in [3.05, 3.63) is 28.2 Å². The van der Waals surface area contributed by atoms with Crippen LogP contribution in [0.1, 0.15) is 12.5 Å². The van der Waals surface area contributed by atoms with E-state index >= 15 is 0 Å². The van der Waals surface area contributed by atoms with Gasteiger partial charge in [0.1, 0.15) is 9.84 Å². The van der Waals surface area contributed by atoms with Crippen molar-refractivity contribution in [2.24, 2.45) is 5.73 Å². The summed E-state index contributed by atoms with van der Waals surface area (Å²) >= 11 is 5.00. The maximum absolute atomic E-state index is 11.1. The number of hydrogen-bond donors (Lipinski definition) is 1. The summed E-state index contributed by atoms with van der Waals surface area (Å²) < 4.78 is 23.2. The van der Waals surface area contributed by atoms with Crippen molar-refractivity contribution in [1.82, 2.24) is 0 Å². The SMILES string of the molecule is CC(N)Cc1ccc(Br)cc1SCCS(C)(=O)=O. The zero-order chi connectivity index (χ0) is 13.8. The van der Waals surface area contributed by atoms with Gasteiger partial charge in [-0.1, -0.05) is 22.0 Å². The third kappa shape index (κ3) is 6.22. The molecule has 0 aliphatic heterocycles. The van der Waals surface area contributed by atoms with Gasteiger partial charge in [0.25, 0.3) is 0 Å². The van der Waals surface area contributed by atoms with E-state index in [1.165, 1.54) is 11.8 Å². The van der Waals surface area contributed by atoms with Crippen LogP contribution in [0.2, 0.25) is 0 Å². The lowest BCUT2D eigenvalue weighted by Gasteiger charge is -2.11. The summed E-state index contributed by atoms with van der Waals surface area (Å²) in [5.74, 6) is 0.767. The van der Waals surface area contributed by atoms with E-state index in [1.807, 2.05) is 25.1 Å². The Morgan fingerprint density at radius 1 is 1.44 bits per heavy atom. The highest BCUT2D eigenvalue weighted by molar-refractivity contribution is 9.10. The molecule has 1 atom stereocenters. The molecule has 0 saturated carbocycles. The van der Waals surface area contributed by atoms with E-state index < -0.39 is 9.84 Å². The maximum Gasteiger partial charge on any atom is 0.148 e. The molecule has 0 radical (unpaired) electrons. The Labute approximate surface area is 122 Å². The molecule has 1 rings (SSSR count). The minimum absolute atomic E-state index is 0.0976. The van der Waals surface area contributed by atoms with E-state index in [1.54, 1.807) is 11.8 Å². The summed E-state index contributed by atoms with van der Waals surface area (Å²) in [6.45, 7) is 1.97. The van der Waals surface area contributed by atoms with Gasteiger partial charge in [-0.25, -0.2) is 8.42 Å². The molecule has 18 heavy (non-hydrogen) atoms. The molecule has 0 aliphatic carbocycles. The standard InChI is InChI=1S/C12H18BrNO2S2/c1-9(14)7-10-3-4-11(13)8-12(10)17-5-6-18(2,15)16/h3-4,8-9H,5-7,14H2,1-2H3. The first kappa shape index (κ1) is 16.0. The molecular weight excluding hydrogens is 334 g/mol. The van der Waals surface area contributed by atoms with Crippen LogP contribution in [0.5, 0.6) is 0 Å². The van der Waals surface area contributed by atoms with E-state index in [4.69, 9.17) is 5.73 Å². The van der Waals surface area contributed by atoms with Crippen molar-refractivity contribution in [2.75, 3.05) is 17.8 Å². The van der Waals surface area contributed by atoms with Crippen LogP contribution in [0, 0.1) is 0 Å². The van der Waals surface area contributed by atoms with Crippen LogP contribution >= 0.6 is 27.7 Å². The Morgan fingerprint density at radius 2 is 2.11 bits per heavy atom. The Balaban J connectivity index is 2.76. The second kappa shape index (κ2) is 6.93. The molecule has 0 aliphatic rings. The van der Waals surface area contributed by atoms with Gasteiger partial charge in [0.15, 0.2) is 0 Å². The number of rotatable bonds is 6. The number of nitrogens with two attached hydrogens (primary N) is 1. The topological polar surface area (TPSA) is 60.2 Å². The minimum atomic E-state index is -2.90. The fourth-order valence-corrected chi connectivity index (χ4v) is 4.31. The third-order valence-electron chi connectivity index (χ3n) is 2.28. The smallest absolute Gasteiger partial charge is 0.148 e. The molecule has 102 valence electrons. The van der Waals surface area contributed by atoms with Gasteiger partial charge in [-0.15, -0.1) is 11.8 Å². The average Bonchev–Trinajstić information content (AvgIpc) is 2.19. The number of hydrogen-bond acceptors (Lipinski definition) is 4. The molecule has 0 fully saturated rings. The first-order valence-electron chi connectivity index (χ1n) is 5.62. The highest BCUT2D eigenvalue weighted by Crippen LogP contribution is 2.27. The van der Waals surface area contributed by atoms with Crippen LogP contribution < -0.4 is 5.73 Å². The molecule has 3 nitrogen and oxygen atoms in total. The quantitative estimate of drug-likeness (QED) is 0.799. The van der Waals surface area contributed by atoms with E-state index in [0.29, 0.717) is 5.75 Å². The molecule has 0 amide bonds. The van der Waals surface area contributed by atoms with Gasteiger partial charge in [0.2, 0.25) is 0 Å². The molecule has 0 aromatic heterocycles. The molecule has 6 heteroatoms. The zero-order valence-corrected chi connectivity index (χ0v) is 13.7. The predicted octanol–water partition coefficient (Wildman–Crippen LogP) is 2.48. The Bertz CT molecular complexity index is 501. The van der Waals surface area contributed by atoms with Crippen LogP contribution in [-0.4, -0.2) is 32.2 Å². The van der Waals surface area contributed by atoms with Crippen molar-refractivity contribution in [2.45, 2.75) is 24.3 Å². The number of halogens is 1. The lowest BCUT2D eigenvalue weighted by molar-refractivity contribution is 0.603. The van der Waals surface area contributed by atoms with Crippen LogP contribution in [-0.2, 0) is 16.3 Å². The van der Waals surface area contributed by atoms with Gasteiger partial charge in [0.05, 0.1) is 5.75 Å². The molecule has 0 heterocycles. The summed E-state index contributed by atoms with van der Waals surface area (Å²) in [5.41, 5.74) is 6.99. The highest BCUT2D eigenvalue weighted by atomic mass is 79.9. The van der Waals surface area contributed by atoms with Crippen molar-refractivity contribution in [3.63, 3.8) is 0 Å². The second-order valence-corrected chi connectivity index (χ2v) is 8.72. The molecular formula is C12H18BrNO2S2. The van der Waals surface area contributed by atoms with Gasteiger partial charge in [-0.05, 0) is 31.0 Å². The fraction of sp³-hybridized carbons (Fsp3) is 0.500. The maximum atomic E-state index is 11.1. The molecule has 1 aromatic rings. The van der Waals surface area contributed by atoms with Crippen LogP contribution in [0.3, 0.4) is 0 Å². The second-order valence-electron chi connectivity index (χ2n) is 4.41. The van der Waals surface area contributed by atoms with Crippen molar-refractivity contribution in [3.8, 4) is 0 Å². The zero-order valence-electron chi connectivity index (χ0n) is 10.5. The molecule has 1 aromatic carbocycles. The number of sulfone groups is 1. The van der Waals surface area contributed by atoms with Gasteiger partial charge in [0, 0.05) is 27.4 Å². The third-order valence-corrected chi connectivity index (χ3v) is 5.08. The monoisotopic (exact) mass is 351 g/mol. The van der Waals surface area contributed by atoms with Gasteiger partial charge in [-0.2, -0.15) is 0 Å². The first-order valence-corrected chi connectivity index (χ1v) is 9.46. The minimum Gasteiger partial charge on any atom is -0.328 e. The summed E-state index contributed by atoms with van der Waals surface area (Å²) in [5, 5.41) is 0. The summed E-state index contributed by atoms with van der Waals surface area (Å²) in [4.78, 5) is 1.10. The lowest BCUT2D eigenvalue weighted by atomic mass is 10.1. The van der Waals surface area contributed by atoms with E-state index in [0.717, 1.165) is 15.8 Å². The lowest BCUT2D eigenvalue weighted by Crippen LogP contribution is -2.18. The highest BCUT2D eigenvalue weighted by Gasteiger charge is 2.08. The fourth-order valence-electron chi connectivity index (χ4n) is 1.48. The van der Waals surface area contributed by atoms with E-state index in [9.17, 15) is 8.42 Å². The largest absolute Gasteiger partial charge is 0.328 e. The Kier molecular flexibility index (Phi) is 6.17. The summed E-state index contributed by atoms with van der Waals surface area (Å²) in [6, 6.07) is 6.14. The first-order chi connectivity index (χ1) is 8.28. The normalized spacial score (nSPS) is 13.6. The van der Waals surface area contributed by atoms with Crippen LogP contribution in [0.25, 0.3) is 0 Å². The molecule has 0 spiro atoms. The Morgan fingerprint density at radius 3 is 2.67 bits per heavy atom. The van der Waals surface area contributed by atoms with E-state index in [-0.39, 0.29) is 11.8 Å². The van der Waals surface area contributed by atoms with Crippen molar-refractivity contribution < 1.29 is 8.42 Å². The molecule has 0 saturated heterocycles. The number of thioether (sulfide) groups is 1. The Hall–Kier alpha value is -0.0400. The summed E-state index contributed by atoms with van der Waals surface area (Å²) in [7, 11) is -2.90. The summed E-state index contributed by atoms with van der Waals surface area (Å²) in [6.07, 6.45) is 2.06. The average molecular weight is 352 g/mol. The molecule has 0 bridgehead atoms. The number of benzene rings is 1.